The van der Waals surface area contributed by atoms with E-state index in [9.17, 15) is 0 Å². The van der Waals surface area contributed by atoms with E-state index in [1.54, 1.807) is 5.57 Å². The zero-order valence-corrected chi connectivity index (χ0v) is 8.82. The molecule has 0 aromatic carbocycles. The highest BCUT2D eigenvalue weighted by molar-refractivity contribution is 5.05. The zero-order valence-electron chi connectivity index (χ0n) is 8.82. The molecule has 0 aromatic heterocycles. The zero-order chi connectivity index (χ0) is 9.03. The molecular formula is C12H22. The van der Waals surface area contributed by atoms with E-state index in [-0.39, 0.29) is 0 Å². The summed E-state index contributed by atoms with van der Waals surface area (Å²) < 4.78 is 0. The fraction of sp³-hybridized carbons (Fsp3) is 0.833. The van der Waals surface area contributed by atoms with Crippen molar-refractivity contribution in [2.45, 2.75) is 59.3 Å². The maximum Gasteiger partial charge on any atom is -0.0299 e. The van der Waals surface area contributed by atoms with E-state index >= 15 is 0 Å². The van der Waals surface area contributed by atoms with Gasteiger partial charge < -0.3 is 0 Å². The first-order valence-corrected chi connectivity index (χ1v) is 5.26. The molecule has 12 heavy (non-hydrogen) atoms. The molecule has 0 amide bonds. The maximum atomic E-state index is 2.49. The van der Waals surface area contributed by atoms with Crippen LogP contribution in [-0.2, 0) is 0 Å². The molecule has 1 saturated carbocycles. The predicted molar refractivity (Wildman–Crippen MR) is 55.2 cm³/mol. The van der Waals surface area contributed by atoms with Crippen LogP contribution < -0.4 is 0 Å². The Morgan fingerprint density at radius 1 is 1.08 bits per heavy atom. The van der Waals surface area contributed by atoms with Gasteiger partial charge >= 0.3 is 0 Å². The summed E-state index contributed by atoms with van der Waals surface area (Å²) >= 11 is 0. The van der Waals surface area contributed by atoms with E-state index in [0.717, 1.165) is 0 Å². The molecule has 0 heterocycles. The molecule has 0 spiro atoms. The third kappa shape index (κ3) is 3.94. The molecule has 1 aliphatic carbocycles. The van der Waals surface area contributed by atoms with Gasteiger partial charge in [0.25, 0.3) is 0 Å². The molecule has 1 aliphatic rings. The van der Waals surface area contributed by atoms with E-state index in [0.29, 0.717) is 5.41 Å². The van der Waals surface area contributed by atoms with Crippen LogP contribution in [0.3, 0.4) is 0 Å². The van der Waals surface area contributed by atoms with Crippen molar-refractivity contribution in [3.63, 3.8) is 0 Å². The van der Waals surface area contributed by atoms with Crippen molar-refractivity contribution in [3.8, 4) is 0 Å². The molecule has 0 aliphatic heterocycles. The molecule has 0 unspecified atom stereocenters. The normalized spacial score (nSPS) is 19.4. The van der Waals surface area contributed by atoms with Gasteiger partial charge in [-0.15, -0.1) is 0 Å². The standard InChI is InChI=1S/C12H22/c1-12(2,3)10-9-11-7-5-4-6-8-11/h9H,4-8,10H2,1-3H3. The van der Waals surface area contributed by atoms with E-state index < -0.39 is 0 Å². The van der Waals surface area contributed by atoms with Gasteiger partial charge in [-0.2, -0.15) is 0 Å². The minimum Gasteiger partial charge on any atom is -0.0848 e. The maximum absolute atomic E-state index is 2.49. The van der Waals surface area contributed by atoms with Crippen molar-refractivity contribution in [3.05, 3.63) is 11.6 Å². The Bertz CT molecular complexity index is 149. The summed E-state index contributed by atoms with van der Waals surface area (Å²) in [6, 6.07) is 0. The lowest BCUT2D eigenvalue weighted by molar-refractivity contribution is 0.417. The second-order valence-corrected chi connectivity index (χ2v) is 5.19. The molecule has 1 rings (SSSR count). The van der Waals surface area contributed by atoms with Crippen LogP contribution in [0.4, 0.5) is 0 Å². The van der Waals surface area contributed by atoms with Gasteiger partial charge in [0, 0.05) is 0 Å². The van der Waals surface area contributed by atoms with Crippen molar-refractivity contribution in [1.82, 2.24) is 0 Å². The molecule has 0 saturated heterocycles. The summed E-state index contributed by atoms with van der Waals surface area (Å²) in [5, 5.41) is 0. The highest BCUT2D eigenvalue weighted by Gasteiger charge is 2.10. The average molecular weight is 166 g/mol. The summed E-state index contributed by atoms with van der Waals surface area (Å²) in [7, 11) is 0. The smallest absolute Gasteiger partial charge is 0.0299 e. The van der Waals surface area contributed by atoms with E-state index in [4.69, 9.17) is 0 Å². The lowest BCUT2D eigenvalue weighted by Crippen LogP contribution is -2.03. The number of allylic oxidation sites excluding steroid dienone is 2. The Balaban J connectivity index is 2.35. The van der Waals surface area contributed by atoms with Gasteiger partial charge in [0.15, 0.2) is 0 Å². The van der Waals surface area contributed by atoms with Crippen molar-refractivity contribution in [2.24, 2.45) is 5.41 Å². The molecule has 0 aromatic rings. The molecule has 70 valence electrons. The van der Waals surface area contributed by atoms with E-state index in [2.05, 4.69) is 26.8 Å². The number of hydrogen-bond donors (Lipinski definition) is 0. The van der Waals surface area contributed by atoms with Crippen LogP contribution in [-0.4, -0.2) is 0 Å². The van der Waals surface area contributed by atoms with Crippen molar-refractivity contribution < 1.29 is 0 Å². The van der Waals surface area contributed by atoms with Crippen LogP contribution in [0.15, 0.2) is 11.6 Å². The first-order valence-electron chi connectivity index (χ1n) is 5.26. The van der Waals surface area contributed by atoms with Crippen LogP contribution in [0.5, 0.6) is 0 Å². The van der Waals surface area contributed by atoms with Gasteiger partial charge in [-0.05, 0) is 37.5 Å². The van der Waals surface area contributed by atoms with Gasteiger partial charge in [-0.1, -0.05) is 38.8 Å². The second-order valence-electron chi connectivity index (χ2n) is 5.19. The van der Waals surface area contributed by atoms with Crippen molar-refractivity contribution in [2.75, 3.05) is 0 Å². The minimum atomic E-state index is 0.477. The molecule has 0 bridgehead atoms. The first kappa shape index (κ1) is 9.83. The van der Waals surface area contributed by atoms with Crippen molar-refractivity contribution >= 4 is 0 Å². The molecule has 0 atom stereocenters. The second kappa shape index (κ2) is 4.11. The molecule has 0 N–H and O–H groups in total. The third-order valence-electron chi connectivity index (χ3n) is 2.50. The lowest BCUT2D eigenvalue weighted by Gasteiger charge is -2.18. The van der Waals surface area contributed by atoms with Gasteiger partial charge in [0.2, 0.25) is 0 Å². The van der Waals surface area contributed by atoms with Gasteiger partial charge in [0.1, 0.15) is 0 Å². The minimum absolute atomic E-state index is 0.477. The fourth-order valence-corrected chi connectivity index (χ4v) is 1.66. The Kier molecular flexibility index (Phi) is 3.37. The van der Waals surface area contributed by atoms with Crippen LogP contribution in [0.1, 0.15) is 59.3 Å². The summed E-state index contributed by atoms with van der Waals surface area (Å²) in [4.78, 5) is 0. The van der Waals surface area contributed by atoms with E-state index in [1.807, 2.05) is 0 Å². The predicted octanol–water partition coefficient (Wildman–Crippen LogP) is 4.31. The van der Waals surface area contributed by atoms with Gasteiger partial charge in [0.05, 0.1) is 0 Å². The topological polar surface area (TPSA) is 0 Å². The molecule has 0 nitrogen and oxygen atoms in total. The SMILES string of the molecule is CC(C)(C)CC=C1CCCCC1. The Hall–Kier alpha value is -0.260. The third-order valence-corrected chi connectivity index (χ3v) is 2.50. The Morgan fingerprint density at radius 2 is 1.67 bits per heavy atom. The van der Waals surface area contributed by atoms with Crippen LogP contribution >= 0.6 is 0 Å². The lowest BCUT2D eigenvalue weighted by atomic mass is 9.88. The van der Waals surface area contributed by atoms with Crippen LogP contribution in [0, 0.1) is 5.41 Å². The fourth-order valence-electron chi connectivity index (χ4n) is 1.66. The largest absolute Gasteiger partial charge is 0.0848 e. The van der Waals surface area contributed by atoms with E-state index in [1.165, 1.54) is 38.5 Å². The summed E-state index contributed by atoms with van der Waals surface area (Å²) in [6.45, 7) is 6.94. The molecule has 0 radical (unpaired) electrons. The van der Waals surface area contributed by atoms with Crippen molar-refractivity contribution in [1.29, 1.82) is 0 Å². The Labute approximate surface area is 77.1 Å². The number of rotatable bonds is 1. The molecule has 1 fully saturated rings. The molecular weight excluding hydrogens is 144 g/mol. The van der Waals surface area contributed by atoms with Gasteiger partial charge in [-0.3, -0.25) is 0 Å². The van der Waals surface area contributed by atoms with Gasteiger partial charge in [-0.25, -0.2) is 0 Å². The Morgan fingerprint density at radius 3 is 2.17 bits per heavy atom. The first-order chi connectivity index (χ1) is 5.58. The van der Waals surface area contributed by atoms with Crippen LogP contribution in [0.25, 0.3) is 0 Å². The summed E-state index contributed by atoms with van der Waals surface area (Å²) in [5.41, 5.74) is 2.20. The highest BCUT2D eigenvalue weighted by Crippen LogP contribution is 2.26. The van der Waals surface area contributed by atoms with Crippen LogP contribution in [0.2, 0.25) is 0 Å². The summed E-state index contributed by atoms with van der Waals surface area (Å²) in [6.07, 6.45) is 10.8. The summed E-state index contributed by atoms with van der Waals surface area (Å²) in [5.74, 6) is 0. The monoisotopic (exact) mass is 166 g/mol. The highest BCUT2D eigenvalue weighted by atomic mass is 14.2. The molecule has 0 heteroatoms. The number of hydrogen-bond acceptors (Lipinski definition) is 0. The quantitative estimate of drug-likeness (QED) is 0.509. The average Bonchev–Trinajstić information content (AvgIpc) is 2.02.